The van der Waals surface area contributed by atoms with Gasteiger partial charge < -0.3 is 4.74 Å². The lowest BCUT2D eigenvalue weighted by Crippen LogP contribution is -2.19. The van der Waals surface area contributed by atoms with E-state index in [-0.39, 0.29) is 6.61 Å². The molecule has 25 heavy (non-hydrogen) atoms. The first kappa shape index (κ1) is 18.5. The first-order valence-corrected chi connectivity index (χ1v) is 6.57. The van der Waals surface area contributed by atoms with E-state index in [0.717, 1.165) is 6.07 Å². The number of benzene rings is 2. The standard InChI is InChI=1S/C15H6F7NO2/c1-2-25-15(24)4(3-23)5-8(16)6-7(10(18)9(5)17)12(20)14(22)13(21)11(6)19/h4H,2H2,1H3. The summed E-state index contributed by atoms with van der Waals surface area (Å²) in [7, 11) is 0. The molecule has 1 atom stereocenters. The van der Waals surface area contributed by atoms with Gasteiger partial charge in [-0.1, -0.05) is 0 Å². The van der Waals surface area contributed by atoms with Crippen molar-refractivity contribution in [3.05, 3.63) is 46.3 Å². The lowest BCUT2D eigenvalue weighted by molar-refractivity contribution is -0.143. The molecule has 132 valence electrons. The van der Waals surface area contributed by atoms with Crippen LogP contribution in [-0.4, -0.2) is 12.6 Å². The lowest BCUT2D eigenvalue weighted by Gasteiger charge is -2.15. The van der Waals surface area contributed by atoms with Crippen molar-refractivity contribution in [2.75, 3.05) is 6.61 Å². The van der Waals surface area contributed by atoms with Crippen LogP contribution in [0.5, 0.6) is 0 Å². The van der Waals surface area contributed by atoms with Gasteiger partial charge >= 0.3 is 5.97 Å². The van der Waals surface area contributed by atoms with Crippen molar-refractivity contribution in [3.8, 4) is 6.07 Å². The Morgan fingerprint density at radius 3 is 1.76 bits per heavy atom. The predicted molar refractivity (Wildman–Crippen MR) is 68.6 cm³/mol. The summed E-state index contributed by atoms with van der Waals surface area (Å²) >= 11 is 0. The number of rotatable bonds is 3. The van der Waals surface area contributed by atoms with E-state index < -0.39 is 68.9 Å². The van der Waals surface area contributed by atoms with Crippen molar-refractivity contribution in [1.82, 2.24) is 0 Å². The number of hydrogen-bond acceptors (Lipinski definition) is 3. The fourth-order valence-electron chi connectivity index (χ4n) is 2.22. The smallest absolute Gasteiger partial charge is 0.328 e. The van der Waals surface area contributed by atoms with Crippen LogP contribution in [0.25, 0.3) is 10.8 Å². The molecule has 0 N–H and O–H groups in total. The van der Waals surface area contributed by atoms with Crippen LogP contribution in [0.1, 0.15) is 18.4 Å². The molecule has 2 rings (SSSR count). The normalized spacial score (nSPS) is 12.1. The summed E-state index contributed by atoms with van der Waals surface area (Å²) in [6, 6.07) is 1.13. The highest BCUT2D eigenvalue weighted by molar-refractivity contribution is 5.89. The third-order valence-electron chi connectivity index (χ3n) is 3.31. The molecule has 0 bridgehead atoms. The Morgan fingerprint density at radius 1 is 0.880 bits per heavy atom. The summed E-state index contributed by atoms with van der Waals surface area (Å²) in [5.74, 6) is -20.2. The quantitative estimate of drug-likeness (QED) is 0.358. The van der Waals surface area contributed by atoms with Gasteiger partial charge in [-0.25, -0.2) is 30.7 Å². The second-order valence-corrected chi connectivity index (χ2v) is 4.68. The highest BCUT2D eigenvalue weighted by Crippen LogP contribution is 2.37. The molecule has 1 unspecified atom stereocenters. The maximum absolute atomic E-state index is 14.4. The highest BCUT2D eigenvalue weighted by atomic mass is 19.2. The van der Waals surface area contributed by atoms with Gasteiger partial charge in [0.1, 0.15) is 5.82 Å². The minimum absolute atomic E-state index is 0.306. The number of esters is 1. The first-order chi connectivity index (χ1) is 11.7. The van der Waals surface area contributed by atoms with E-state index in [4.69, 9.17) is 5.26 Å². The third kappa shape index (κ3) is 2.65. The fraction of sp³-hybridized carbons (Fsp3) is 0.200. The zero-order valence-electron chi connectivity index (χ0n) is 12.2. The first-order valence-electron chi connectivity index (χ1n) is 6.57. The van der Waals surface area contributed by atoms with E-state index >= 15 is 0 Å². The monoisotopic (exact) mass is 365 g/mol. The second kappa shape index (κ2) is 6.58. The number of fused-ring (bicyclic) bond motifs is 1. The van der Waals surface area contributed by atoms with E-state index in [9.17, 15) is 35.5 Å². The molecular weight excluding hydrogens is 359 g/mol. The Bertz CT molecular complexity index is 937. The van der Waals surface area contributed by atoms with Crippen molar-refractivity contribution in [1.29, 1.82) is 5.26 Å². The average Bonchev–Trinajstić information content (AvgIpc) is 2.58. The van der Waals surface area contributed by atoms with Crippen LogP contribution < -0.4 is 0 Å². The van der Waals surface area contributed by atoms with Crippen LogP contribution in [0.4, 0.5) is 30.7 Å². The topological polar surface area (TPSA) is 50.1 Å². The number of carbonyl (C=O) groups excluding carboxylic acids is 1. The van der Waals surface area contributed by atoms with Crippen molar-refractivity contribution >= 4 is 16.7 Å². The predicted octanol–water partition coefficient (Wildman–Crippen LogP) is 3.98. The van der Waals surface area contributed by atoms with Crippen LogP contribution in [-0.2, 0) is 9.53 Å². The molecule has 2 aromatic carbocycles. The SMILES string of the molecule is CCOC(=O)C(C#N)c1c(F)c(F)c2c(F)c(F)c(F)c(F)c2c1F. The third-order valence-corrected chi connectivity index (χ3v) is 3.31. The van der Waals surface area contributed by atoms with Gasteiger partial charge in [0.05, 0.1) is 29.0 Å². The van der Waals surface area contributed by atoms with Crippen LogP contribution in [0.15, 0.2) is 0 Å². The zero-order valence-corrected chi connectivity index (χ0v) is 12.2. The minimum atomic E-state index is -2.47. The van der Waals surface area contributed by atoms with Crippen LogP contribution in [0, 0.1) is 52.1 Å². The number of nitriles is 1. The lowest BCUT2D eigenvalue weighted by atomic mass is 9.94. The average molecular weight is 365 g/mol. The Morgan fingerprint density at radius 2 is 1.32 bits per heavy atom. The largest absolute Gasteiger partial charge is 0.465 e. The van der Waals surface area contributed by atoms with Crippen molar-refractivity contribution < 1.29 is 40.3 Å². The number of ether oxygens (including phenoxy) is 1. The summed E-state index contributed by atoms with van der Waals surface area (Å²) < 4.78 is 101. The summed E-state index contributed by atoms with van der Waals surface area (Å²) in [4.78, 5) is 11.6. The molecule has 3 nitrogen and oxygen atoms in total. The molecule has 0 spiro atoms. The summed E-state index contributed by atoms with van der Waals surface area (Å²) in [5.41, 5.74) is -1.60. The van der Waals surface area contributed by atoms with Crippen LogP contribution in [0.2, 0.25) is 0 Å². The summed E-state index contributed by atoms with van der Waals surface area (Å²) in [6.45, 7) is 0.992. The van der Waals surface area contributed by atoms with Gasteiger partial charge in [-0.3, -0.25) is 4.79 Å². The number of hydrogen-bond donors (Lipinski definition) is 0. The van der Waals surface area contributed by atoms with E-state index in [1.54, 1.807) is 0 Å². The van der Waals surface area contributed by atoms with Gasteiger partial charge in [-0.05, 0) is 6.92 Å². The number of halogens is 7. The van der Waals surface area contributed by atoms with Gasteiger partial charge in [-0.2, -0.15) is 5.26 Å². The number of nitrogens with zero attached hydrogens (tertiary/aromatic N) is 1. The van der Waals surface area contributed by atoms with E-state index in [1.165, 1.54) is 6.92 Å². The molecule has 0 amide bonds. The van der Waals surface area contributed by atoms with Crippen molar-refractivity contribution in [2.24, 2.45) is 0 Å². The fourth-order valence-corrected chi connectivity index (χ4v) is 2.22. The molecular formula is C15H6F7NO2. The molecule has 10 heteroatoms. The maximum atomic E-state index is 14.4. The molecule has 0 fully saturated rings. The Hall–Kier alpha value is -2.83. The molecule has 0 aliphatic rings. The van der Waals surface area contributed by atoms with Crippen LogP contribution >= 0.6 is 0 Å². The second-order valence-electron chi connectivity index (χ2n) is 4.68. The maximum Gasteiger partial charge on any atom is 0.328 e. The summed E-state index contributed by atoms with van der Waals surface area (Å²) in [6.07, 6.45) is 0. The van der Waals surface area contributed by atoms with E-state index in [2.05, 4.69) is 4.74 Å². The number of carbonyl (C=O) groups is 1. The molecule has 0 saturated heterocycles. The van der Waals surface area contributed by atoms with E-state index in [0.29, 0.717) is 0 Å². The van der Waals surface area contributed by atoms with Crippen molar-refractivity contribution in [3.63, 3.8) is 0 Å². The molecule has 0 aliphatic heterocycles. The zero-order chi connectivity index (χ0) is 19.0. The highest BCUT2D eigenvalue weighted by Gasteiger charge is 2.36. The summed E-state index contributed by atoms with van der Waals surface area (Å²) in [5, 5.41) is 5.31. The molecule has 2 aromatic rings. The van der Waals surface area contributed by atoms with Gasteiger partial charge in [0.15, 0.2) is 40.8 Å². The van der Waals surface area contributed by atoms with Gasteiger partial charge in [-0.15, -0.1) is 0 Å². The van der Waals surface area contributed by atoms with Crippen LogP contribution in [0.3, 0.4) is 0 Å². The molecule has 0 aromatic heterocycles. The molecule has 0 saturated carbocycles. The van der Waals surface area contributed by atoms with Crippen molar-refractivity contribution in [2.45, 2.75) is 12.8 Å². The Kier molecular flexibility index (Phi) is 4.87. The minimum Gasteiger partial charge on any atom is -0.465 e. The molecule has 0 radical (unpaired) electrons. The molecule has 0 aliphatic carbocycles. The van der Waals surface area contributed by atoms with Gasteiger partial charge in [0, 0.05) is 0 Å². The Labute approximate surface area is 135 Å². The Balaban J connectivity index is 2.99. The van der Waals surface area contributed by atoms with Gasteiger partial charge in [0.2, 0.25) is 0 Å². The van der Waals surface area contributed by atoms with Gasteiger partial charge in [0.25, 0.3) is 0 Å². The molecule has 0 heterocycles. The van der Waals surface area contributed by atoms with E-state index in [1.807, 2.05) is 0 Å².